The minimum absolute atomic E-state index is 0.0153. The van der Waals surface area contributed by atoms with Gasteiger partial charge in [0.15, 0.2) is 11.5 Å². The highest BCUT2D eigenvalue weighted by molar-refractivity contribution is 6.15. The average Bonchev–Trinajstić information content (AvgIpc) is 3.13. The number of rotatable bonds is 5. The Hall–Kier alpha value is -4.15. The number of methoxy groups -OCH3 is 2. The minimum atomic E-state index is -0.694. The second-order valence-corrected chi connectivity index (χ2v) is 7.39. The lowest BCUT2D eigenvalue weighted by Crippen LogP contribution is -2.30. The van der Waals surface area contributed by atoms with Crippen LogP contribution in [0.1, 0.15) is 29.2 Å². The van der Waals surface area contributed by atoms with E-state index in [1.165, 1.54) is 6.07 Å². The number of benzene rings is 2. The van der Waals surface area contributed by atoms with Gasteiger partial charge in [-0.15, -0.1) is 0 Å². The van der Waals surface area contributed by atoms with Crippen molar-refractivity contribution in [3.8, 4) is 11.5 Å². The maximum atomic E-state index is 11.6. The molecule has 1 aromatic heterocycles. The molecule has 0 fully saturated rings. The number of aromatic amines is 1. The standard InChI is InChI=1S/C21H21N5O6/c1-11-7-13(5-6-16(11)26(28)29)19-15-10-18(31-4)17(30-3)9-14(15)8-12(2)25(23-19)20-22-21(27)32-24-20/h5-7,9-10,12H,8H2,1-4H3,(H,22,24,27). The van der Waals surface area contributed by atoms with Crippen LogP contribution in [0.5, 0.6) is 11.5 Å². The van der Waals surface area contributed by atoms with Gasteiger partial charge in [-0.05, 0) is 55.3 Å². The van der Waals surface area contributed by atoms with Gasteiger partial charge in [-0.1, -0.05) is 0 Å². The summed E-state index contributed by atoms with van der Waals surface area (Å²) in [5.74, 6) is 0.556. The molecule has 1 atom stereocenters. The number of aryl methyl sites for hydroxylation is 1. The van der Waals surface area contributed by atoms with Gasteiger partial charge in [0.2, 0.25) is 0 Å². The molecule has 0 aliphatic carbocycles. The third-order valence-corrected chi connectivity index (χ3v) is 5.32. The first-order chi connectivity index (χ1) is 15.3. The summed E-state index contributed by atoms with van der Waals surface area (Å²) in [6, 6.07) is 8.30. The molecule has 0 saturated carbocycles. The fraction of sp³-hybridized carbons (Fsp3) is 0.286. The molecule has 0 radical (unpaired) electrons. The van der Waals surface area contributed by atoms with Gasteiger partial charge in [0.25, 0.3) is 11.6 Å². The van der Waals surface area contributed by atoms with Crippen molar-refractivity contribution in [3.05, 3.63) is 73.3 Å². The Balaban J connectivity index is 1.96. The summed E-state index contributed by atoms with van der Waals surface area (Å²) in [5.41, 5.74) is 3.41. The number of hydrogen-bond donors (Lipinski definition) is 1. The summed E-state index contributed by atoms with van der Waals surface area (Å²) in [6.45, 7) is 3.60. The van der Waals surface area contributed by atoms with Crippen LogP contribution in [0, 0.1) is 17.0 Å². The van der Waals surface area contributed by atoms with Crippen molar-refractivity contribution in [1.82, 2.24) is 10.1 Å². The lowest BCUT2D eigenvalue weighted by molar-refractivity contribution is -0.385. The van der Waals surface area contributed by atoms with Crippen LogP contribution in [0.4, 0.5) is 11.6 Å². The molecule has 11 heteroatoms. The van der Waals surface area contributed by atoms with Crippen molar-refractivity contribution in [2.24, 2.45) is 5.10 Å². The topological polar surface area (TPSA) is 136 Å². The van der Waals surface area contributed by atoms with Crippen LogP contribution in [-0.4, -0.2) is 41.0 Å². The normalized spacial score (nSPS) is 15.6. The number of nitro benzene ring substituents is 1. The summed E-state index contributed by atoms with van der Waals surface area (Å²) < 4.78 is 15.6. The molecule has 0 saturated heterocycles. The second-order valence-electron chi connectivity index (χ2n) is 7.39. The monoisotopic (exact) mass is 439 g/mol. The Morgan fingerprint density at radius 3 is 2.53 bits per heavy atom. The number of nitro groups is 1. The van der Waals surface area contributed by atoms with Crippen molar-refractivity contribution in [3.63, 3.8) is 0 Å². The van der Waals surface area contributed by atoms with E-state index in [1.54, 1.807) is 38.3 Å². The Bertz CT molecular complexity index is 1280. The Labute approximate surface area is 182 Å². The van der Waals surface area contributed by atoms with E-state index in [2.05, 4.69) is 14.7 Å². The van der Waals surface area contributed by atoms with E-state index in [4.69, 9.17) is 14.6 Å². The number of nitrogens with zero attached hydrogens (tertiary/aromatic N) is 4. The first-order valence-corrected chi connectivity index (χ1v) is 9.77. The maximum Gasteiger partial charge on any atom is 0.440 e. The summed E-state index contributed by atoms with van der Waals surface area (Å²) in [7, 11) is 3.11. The Morgan fingerprint density at radius 2 is 1.94 bits per heavy atom. The summed E-state index contributed by atoms with van der Waals surface area (Å²) in [6.07, 6.45) is 0.545. The molecule has 166 valence electrons. The van der Waals surface area contributed by atoms with Crippen LogP contribution in [0.3, 0.4) is 0 Å². The van der Waals surface area contributed by atoms with Crippen molar-refractivity contribution < 1.29 is 18.9 Å². The predicted octanol–water partition coefficient (Wildman–Crippen LogP) is 2.80. The third kappa shape index (κ3) is 3.68. The minimum Gasteiger partial charge on any atom is -0.493 e. The van der Waals surface area contributed by atoms with Crippen molar-refractivity contribution >= 4 is 17.3 Å². The van der Waals surface area contributed by atoms with Gasteiger partial charge in [-0.2, -0.15) is 5.10 Å². The van der Waals surface area contributed by atoms with Crippen LogP contribution in [0.2, 0.25) is 0 Å². The van der Waals surface area contributed by atoms with E-state index in [0.717, 1.165) is 11.1 Å². The zero-order chi connectivity index (χ0) is 23.0. The summed E-state index contributed by atoms with van der Waals surface area (Å²) >= 11 is 0. The van der Waals surface area contributed by atoms with Crippen molar-refractivity contribution in [1.29, 1.82) is 0 Å². The largest absolute Gasteiger partial charge is 0.493 e. The highest BCUT2D eigenvalue weighted by Crippen LogP contribution is 2.35. The van der Waals surface area contributed by atoms with Gasteiger partial charge in [0.05, 0.1) is 30.9 Å². The molecule has 1 aliphatic rings. The van der Waals surface area contributed by atoms with Gasteiger partial charge in [0, 0.05) is 22.8 Å². The highest BCUT2D eigenvalue weighted by atomic mass is 16.6. The van der Waals surface area contributed by atoms with E-state index < -0.39 is 10.7 Å². The zero-order valence-electron chi connectivity index (χ0n) is 17.9. The Kier molecular flexibility index (Phi) is 5.39. The number of nitrogens with one attached hydrogen (secondary N) is 1. The summed E-state index contributed by atoms with van der Waals surface area (Å²) in [5, 5.41) is 21.4. The van der Waals surface area contributed by atoms with E-state index in [0.29, 0.717) is 34.8 Å². The zero-order valence-corrected chi connectivity index (χ0v) is 17.9. The molecule has 1 unspecified atom stereocenters. The molecule has 11 nitrogen and oxygen atoms in total. The lowest BCUT2D eigenvalue weighted by atomic mass is 9.93. The molecule has 0 amide bonds. The molecule has 2 heterocycles. The quantitative estimate of drug-likeness (QED) is 0.473. The number of hydrazone groups is 1. The molecular formula is C21H21N5O6. The molecule has 4 rings (SSSR count). The molecule has 1 N–H and O–H groups in total. The van der Waals surface area contributed by atoms with Gasteiger partial charge < -0.3 is 9.47 Å². The van der Waals surface area contributed by atoms with Crippen LogP contribution in [0.25, 0.3) is 0 Å². The predicted molar refractivity (Wildman–Crippen MR) is 116 cm³/mol. The van der Waals surface area contributed by atoms with E-state index in [-0.39, 0.29) is 17.7 Å². The Morgan fingerprint density at radius 1 is 1.22 bits per heavy atom. The van der Waals surface area contributed by atoms with Crippen LogP contribution in [-0.2, 0) is 6.42 Å². The number of hydrogen-bond acceptors (Lipinski definition) is 9. The van der Waals surface area contributed by atoms with Gasteiger partial charge in [-0.25, -0.2) is 9.80 Å². The number of anilines is 1. The van der Waals surface area contributed by atoms with E-state index >= 15 is 0 Å². The van der Waals surface area contributed by atoms with E-state index in [9.17, 15) is 14.9 Å². The van der Waals surface area contributed by atoms with Gasteiger partial charge in [-0.3, -0.25) is 19.6 Å². The second kappa shape index (κ2) is 8.17. The van der Waals surface area contributed by atoms with E-state index in [1.807, 2.05) is 19.1 Å². The molecule has 32 heavy (non-hydrogen) atoms. The van der Waals surface area contributed by atoms with Crippen molar-refractivity contribution in [2.45, 2.75) is 26.3 Å². The van der Waals surface area contributed by atoms with Crippen LogP contribution >= 0.6 is 0 Å². The van der Waals surface area contributed by atoms with Crippen molar-refractivity contribution in [2.75, 3.05) is 19.2 Å². The number of H-pyrrole nitrogens is 1. The van der Waals surface area contributed by atoms with Gasteiger partial charge in [0.1, 0.15) is 0 Å². The van der Waals surface area contributed by atoms with Crippen LogP contribution in [0.15, 0.2) is 44.8 Å². The number of aromatic nitrogens is 2. The maximum absolute atomic E-state index is 11.6. The fourth-order valence-corrected chi connectivity index (χ4v) is 3.77. The number of fused-ring (bicyclic) bond motifs is 1. The average molecular weight is 439 g/mol. The summed E-state index contributed by atoms with van der Waals surface area (Å²) in [4.78, 5) is 24.9. The first kappa shape index (κ1) is 21.1. The molecule has 3 aromatic rings. The highest BCUT2D eigenvalue weighted by Gasteiger charge is 2.28. The molecule has 0 bridgehead atoms. The third-order valence-electron chi connectivity index (χ3n) is 5.32. The lowest BCUT2D eigenvalue weighted by Gasteiger charge is -2.21. The molecule has 2 aromatic carbocycles. The van der Waals surface area contributed by atoms with Gasteiger partial charge >= 0.3 is 5.76 Å². The smallest absolute Gasteiger partial charge is 0.440 e. The fourth-order valence-electron chi connectivity index (χ4n) is 3.77. The van der Waals surface area contributed by atoms with Crippen LogP contribution < -0.4 is 20.2 Å². The first-order valence-electron chi connectivity index (χ1n) is 9.77. The number of ether oxygens (including phenoxy) is 2. The molecular weight excluding hydrogens is 418 g/mol. The SMILES string of the molecule is COc1cc2c(cc1OC)C(c1ccc([N+](=O)[O-])c(C)c1)=NN(c1noc(=O)[nH]1)C(C)C2. The molecule has 0 spiro atoms. The molecule has 1 aliphatic heterocycles.